The molecule has 0 saturated carbocycles. The standard InChI is InChI=1S/C23H25N3O2/c1-4-16(3)28-19-10-11-20-21(14-24)23(26(5-2)22(20)13-19)17-8-6-7-9-18(12-17)25-15-27/h7-13,15-16H,4-6H2,1-3H3,(H,25,27). The zero-order chi connectivity index (χ0) is 20.1. The highest BCUT2D eigenvalue weighted by atomic mass is 16.5. The van der Waals surface area contributed by atoms with Gasteiger partial charge in [0.2, 0.25) is 6.41 Å². The van der Waals surface area contributed by atoms with Gasteiger partial charge in [-0.05, 0) is 56.5 Å². The first-order valence-corrected chi connectivity index (χ1v) is 9.64. The van der Waals surface area contributed by atoms with Crippen molar-refractivity contribution in [3.05, 3.63) is 59.5 Å². The third-order valence-electron chi connectivity index (χ3n) is 4.96. The second kappa shape index (κ2) is 8.62. The molecule has 1 aliphatic rings. The van der Waals surface area contributed by atoms with Gasteiger partial charge in [-0.1, -0.05) is 19.1 Å². The number of allylic oxidation sites excluding steroid dienone is 5. The van der Waals surface area contributed by atoms with Gasteiger partial charge in [0.1, 0.15) is 11.8 Å². The molecule has 0 spiro atoms. The van der Waals surface area contributed by atoms with Crippen molar-refractivity contribution in [3.8, 4) is 11.8 Å². The fourth-order valence-corrected chi connectivity index (χ4v) is 3.45. The Hall–Kier alpha value is -3.26. The molecule has 28 heavy (non-hydrogen) atoms. The number of nitrogens with zero attached hydrogens (tertiary/aromatic N) is 2. The largest absolute Gasteiger partial charge is 0.491 e. The number of hydrogen-bond donors (Lipinski definition) is 1. The number of ether oxygens (including phenoxy) is 1. The fourth-order valence-electron chi connectivity index (χ4n) is 3.45. The van der Waals surface area contributed by atoms with Gasteiger partial charge in [0.15, 0.2) is 0 Å². The fraction of sp³-hybridized carbons (Fsp3) is 0.304. The summed E-state index contributed by atoms with van der Waals surface area (Å²) in [6.45, 7) is 6.92. The summed E-state index contributed by atoms with van der Waals surface area (Å²) in [5.41, 5.74) is 4.12. The van der Waals surface area contributed by atoms with E-state index in [4.69, 9.17) is 4.74 Å². The summed E-state index contributed by atoms with van der Waals surface area (Å²) in [5.74, 6) is 0.806. The quantitative estimate of drug-likeness (QED) is 0.714. The summed E-state index contributed by atoms with van der Waals surface area (Å²) in [7, 11) is 0. The number of hydrogen-bond acceptors (Lipinski definition) is 3. The van der Waals surface area contributed by atoms with E-state index < -0.39 is 0 Å². The minimum Gasteiger partial charge on any atom is -0.491 e. The van der Waals surface area contributed by atoms with Crippen LogP contribution in [0.25, 0.3) is 16.5 Å². The van der Waals surface area contributed by atoms with Crippen molar-refractivity contribution >= 4 is 22.9 Å². The lowest BCUT2D eigenvalue weighted by Crippen LogP contribution is -2.09. The molecule has 1 atom stereocenters. The second-order valence-electron chi connectivity index (χ2n) is 6.75. The normalized spacial score (nSPS) is 14.6. The van der Waals surface area contributed by atoms with Crippen molar-refractivity contribution in [2.24, 2.45) is 0 Å². The van der Waals surface area contributed by atoms with E-state index in [2.05, 4.69) is 35.9 Å². The molecule has 0 radical (unpaired) electrons. The highest BCUT2D eigenvalue weighted by Crippen LogP contribution is 2.34. The Morgan fingerprint density at radius 2 is 2.21 bits per heavy atom. The zero-order valence-corrected chi connectivity index (χ0v) is 16.5. The molecule has 0 aliphatic heterocycles. The third-order valence-corrected chi connectivity index (χ3v) is 4.96. The molecule has 0 fully saturated rings. The van der Waals surface area contributed by atoms with Crippen LogP contribution in [-0.2, 0) is 11.3 Å². The Morgan fingerprint density at radius 3 is 2.89 bits per heavy atom. The third kappa shape index (κ3) is 3.72. The molecule has 1 aliphatic carbocycles. The van der Waals surface area contributed by atoms with E-state index in [9.17, 15) is 10.1 Å². The number of amides is 1. The molecule has 1 aromatic heterocycles. The van der Waals surface area contributed by atoms with Crippen LogP contribution in [0.2, 0.25) is 0 Å². The predicted octanol–water partition coefficient (Wildman–Crippen LogP) is 4.68. The van der Waals surface area contributed by atoms with Crippen LogP contribution in [0.4, 0.5) is 0 Å². The minimum absolute atomic E-state index is 0.132. The van der Waals surface area contributed by atoms with E-state index in [0.29, 0.717) is 17.7 Å². The van der Waals surface area contributed by atoms with Gasteiger partial charge in [-0.2, -0.15) is 5.26 Å². The van der Waals surface area contributed by atoms with Crippen molar-refractivity contribution in [1.82, 2.24) is 9.88 Å². The van der Waals surface area contributed by atoms with Crippen LogP contribution >= 0.6 is 0 Å². The van der Waals surface area contributed by atoms with Gasteiger partial charge in [0, 0.05) is 23.7 Å². The maximum Gasteiger partial charge on any atom is 0.211 e. The van der Waals surface area contributed by atoms with Crippen molar-refractivity contribution < 1.29 is 9.53 Å². The molecule has 3 rings (SSSR count). The molecule has 2 aromatic rings. The molecule has 0 bridgehead atoms. The van der Waals surface area contributed by atoms with Crippen LogP contribution in [0.15, 0.2) is 48.2 Å². The first-order chi connectivity index (χ1) is 13.6. The molecule has 144 valence electrons. The molecule has 0 saturated heterocycles. The lowest BCUT2D eigenvalue weighted by molar-refractivity contribution is -0.108. The van der Waals surface area contributed by atoms with Crippen LogP contribution in [0, 0.1) is 11.3 Å². The van der Waals surface area contributed by atoms with Gasteiger partial charge in [0.25, 0.3) is 0 Å². The van der Waals surface area contributed by atoms with Crippen molar-refractivity contribution in [2.45, 2.75) is 46.3 Å². The van der Waals surface area contributed by atoms with Gasteiger partial charge >= 0.3 is 0 Å². The second-order valence-corrected chi connectivity index (χ2v) is 6.75. The SMILES string of the molecule is CCC(C)Oc1ccc2c(C#N)c(C3=CCC=CC(NC=O)=C3)n(CC)c2c1. The van der Waals surface area contributed by atoms with Gasteiger partial charge in [-0.3, -0.25) is 4.79 Å². The number of fused-ring (bicyclic) bond motifs is 1. The Labute approximate surface area is 165 Å². The maximum atomic E-state index is 10.9. The van der Waals surface area contributed by atoms with E-state index in [-0.39, 0.29) is 6.10 Å². The van der Waals surface area contributed by atoms with E-state index in [1.807, 2.05) is 43.4 Å². The van der Waals surface area contributed by atoms with Gasteiger partial charge in [0.05, 0.1) is 22.9 Å². The smallest absolute Gasteiger partial charge is 0.211 e. The molecule has 5 nitrogen and oxygen atoms in total. The summed E-state index contributed by atoms with van der Waals surface area (Å²) in [5, 5.41) is 13.5. The van der Waals surface area contributed by atoms with Crippen molar-refractivity contribution in [1.29, 1.82) is 5.26 Å². The monoisotopic (exact) mass is 375 g/mol. The van der Waals surface area contributed by atoms with Gasteiger partial charge in [-0.15, -0.1) is 0 Å². The van der Waals surface area contributed by atoms with Gasteiger partial charge in [-0.25, -0.2) is 0 Å². The van der Waals surface area contributed by atoms with E-state index in [1.165, 1.54) is 0 Å². The van der Waals surface area contributed by atoms with Crippen LogP contribution < -0.4 is 10.1 Å². The lowest BCUT2D eigenvalue weighted by Gasteiger charge is -2.13. The molecule has 1 amide bonds. The number of aryl methyl sites for hydroxylation is 1. The molecule has 1 heterocycles. The average molecular weight is 375 g/mol. The maximum absolute atomic E-state index is 10.9. The number of carbonyl (C=O) groups excluding carboxylic acids is 1. The van der Waals surface area contributed by atoms with Gasteiger partial charge < -0.3 is 14.6 Å². The highest BCUT2D eigenvalue weighted by Gasteiger charge is 2.20. The first kappa shape index (κ1) is 19.5. The topological polar surface area (TPSA) is 67.0 Å². The van der Waals surface area contributed by atoms with Crippen molar-refractivity contribution in [3.63, 3.8) is 0 Å². The molecule has 5 heteroatoms. The van der Waals surface area contributed by atoms with E-state index in [0.717, 1.165) is 47.3 Å². The number of rotatable bonds is 7. The van der Waals surface area contributed by atoms with Crippen LogP contribution in [0.3, 0.4) is 0 Å². The molecule has 1 N–H and O–H groups in total. The summed E-state index contributed by atoms with van der Waals surface area (Å²) < 4.78 is 8.13. The van der Waals surface area contributed by atoms with E-state index in [1.54, 1.807) is 0 Å². The highest BCUT2D eigenvalue weighted by molar-refractivity contribution is 5.95. The Kier molecular flexibility index (Phi) is 6.00. The summed E-state index contributed by atoms with van der Waals surface area (Å²) in [6.07, 6.45) is 10.3. The number of carbonyl (C=O) groups is 1. The number of nitriles is 1. The molecular formula is C23H25N3O2. The van der Waals surface area contributed by atoms with Crippen LogP contribution in [0.1, 0.15) is 44.9 Å². The summed E-state index contributed by atoms with van der Waals surface area (Å²) in [6, 6.07) is 8.29. The average Bonchev–Trinajstić information content (AvgIpc) is 2.83. The Balaban J connectivity index is 2.19. The first-order valence-electron chi connectivity index (χ1n) is 9.64. The minimum atomic E-state index is 0.132. The number of benzene rings is 1. The van der Waals surface area contributed by atoms with Crippen LogP contribution in [0.5, 0.6) is 5.75 Å². The number of aromatic nitrogens is 1. The zero-order valence-electron chi connectivity index (χ0n) is 16.5. The Morgan fingerprint density at radius 1 is 1.39 bits per heavy atom. The van der Waals surface area contributed by atoms with Crippen LogP contribution in [-0.4, -0.2) is 17.1 Å². The molecule has 1 aromatic carbocycles. The Bertz CT molecular complexity index is 1020. The predicted molar refractivity (Wildman–Crippen MR) is 112 cm³/mol. The molecular weight excluding hydrogens is 350 g/mol. The molecule has 1 unspecified atom stereocenters. The number of nitrogens with one attached hydrogen (secondary N) is 1. The lowest BCUT2D eigenvalue weighted by atomic mass is 10.0. The van der Waals surface area contributed by atoms with Crippen molar-refractivity contribution in [2.75, 3.05) is 0 Å². The van der Waals surface area contributed by atoms with E-state index >= 15 is 0 Å². The summed E-state index contributed by atoms with van der Waals surface area (Å²) in [4.78, 5) is 10.9. The summed E-state index contributed by atoms with van der Waals surface area (Å²) >= 11 is 0.